The normalized spacial score (nSPS) is 10.6. The zero-order chi connectivity index (χ0) is 21.1. The van der Waals surface area contributed by atoms with Gasteiger partial charge in [0.2, 0.25) is 0 Å². The van der Waals surface area contributed by atoms with Crippen LogP contribution in [-0.2, 0) is 0 Å². The molecule has 0 radical (unpaired) electrons. The average molecular weight is 400 g/mol. The summed E-state index contributed by atoms with van der Waals surface area (Å²) < 4.78 is 10.7. The lowest BCUT2D eigenvalue weighted by Crippen LogP contribution is -1.92. The first-order chi connectivity index (χ1) is 14.6. The molecule has 0 saturated heterocycles. The largest absolute Gasteiger partial charge is 0.507 e. The highest BCUT2D eigenvalue weighted by Gasteiger charge is 2.14. The van der Waals surface area contributed by atoms with Crippen molar-refractivity contribution in [2.75, 3.05) is 14.2 Å². The van der Waals surface area contributed by atoms with Crippen LogP contribution in [0.2, 0.25) is 0 Å². The minimum Gasteiger partial charge on any atom is -0.507 e. The molecule has 0 saturated carbocycles. The van der Waals surface area contributed by atoms with Crippen LogP contribution in [0.3, 0.4) is 0 Å². The lowest BCUT2D eigenvalue weighted by molar-refractivity contribution is 0.410. The maximum Gasteiger partial charge on any atom is 0.130 e. The standard InChI is InChI=1S/C24H20N2O4/c1-29-21-7-3-5-19(27)23(21)15-9-11-17(25-13-15)18-12-10-16(14-26-18)24-20(28)6-4-8-22(24)30-2/h3-14,27-28H,1-2H3. The molecule has 2 N–H and O–H groups in total. The average Bonchev–Trinajstić information content (AvgIpc) is 2.79. The molecule has 2 heterocycles. The first kappa shape index (κ1) is 19.3. The van der Waals surface area contributed by atoms with Crippen LogP contribution in [0.15, 0.2) is 73.1 Å². The third-order valence-electron chi connectivity index (χ3n) is 4.82. The third kappa shape index (κ3) is 3.51. The van der Waals surface area contributed by atoms with Gasteiger partial charge < -0.3 is 19.7 Å². The number of aromatic hydroxyl groups is 2. The molecule has 0 unspecified atom stereocenters. The fraction of sp³-hybridized carbons (Fsp3) is 0.0833. The molecule has 0 fully saturated rings. The Morgan fingerprint density at radius 1 is 0.600 bits per heavy atom. The number of rotatable bonds is 5. The van der Waals surface area contributed by atoms with E-state index in [1.807, 2.05) is 24.3 Å². The molecule has 0 aliphatic carbocycles. The van der Waals surface area contributed by atoms with Crippen LogP contribution in [0, 0.1) is 0 Å². The van der Waals surface area contributed by atoms with Crippen LogP contribution in [-0.4, -0.2) is 34.4 Å². The van der Waals surface area contributed by atoms with E-state index in [0.717, 1.165) is 11.1 Å². The quantitative estimate of drug-likeness (QED) is 0.495. The third-order valence-corrected chi connectivity index (χ3v) is 4.82. The van der Waals surface area contributed by atoms with Crippen molar-refractivity contribution in [1.29, 1.82) is 0 Å². The number of phenols is 2. The molecular formula is C24H20N2O4. The van der Waals surface area contributed by atoms with Crippen LogP contribution in [0.25, 0.3) is 33.6 Å². The van der Waals surface area contributed by atoms with E-state index in [9.17, 15) is 10.2 Å². The monoisotopic (exact) mass is 400 g/mol. The Labute approximate surface area is 174 Å². The van der Waals surface area contributed by atoms with E-state index < -0.39 is 0 Å². The van der Waals surface area contributed by atoms with Gasteiger partial charge in [0.05, 0.1) is 36.7 Å². The van der Waals surface area contributed by atoms with Crippen molar-refractivity contribution in [2.24, 2.45) is 0 Å². The molecule has 4 aromatic rings. The number of aromatic nitrogens is 2. The minimum atomic E-state index is 0.128. The molecule has 0 amide bonds. The number of ether oxygens (including phenoxy) is 2. The number of phenolic OH excluding ortho intramolecular Hbond substituents is 2. The Morgan fingerprint density at radius 3 is 1.37 bits per heavy atom. The topological polar surface area (TPSA) is 84.7 Å². The Morgan fingerprint density at radius 2 is 1.03 bits per heavy atom. The van der Waals surface area contributed by atoms with E-state index in [4.69, 9.17) is 9.47 Å². The van der Waals surface area contributed by atoms with Crippen LogP contribution in [0.5, 0.6) is 23.0 Å². The van der Waals surface area contributed by atoms with E-state index in [1.54, 1.807) is 63.0 Å². The summed E-state index contributed by atoms with van der Waals surface area (Å²) in [5.41, 5.74) is 4.03. The fourth-order valence-corrected chi connectivity index (χ4v) is 3.35. The Hall–Kier alpha value is -4.06. The second kappa shape index (κ2) is 8.13. The molecule has 6 heteroatoms. The van der Waals surface area contributed by atoms with Crippen molar-refractivity contribution in [3.63, 3.8) is 0 Å². The second-order valence-corrected chi connectivity index (χ2v) is 6.57. The van der Waals surface area contributed by atoms with Gasteiger partial charge in [0, 0.05) is 23.5 Å². The van der Waals surface area contributed by atoms with Gasteiger partial charge in [-0.1, -0.05) is 24.3 Å². The molecule has 150 valence electrons. The van der Waals surface area contributed by atoms with E-state index >= 15 is 0 Å². The van der Waals surface area contributed by atoms with Gasteiger partial charge in [0.25, 0.3) is 0 Å². The smallest absolute Gasteiger partial charge is 0.130 e. The minimum absolute atomic E-state index is 0.128. The van der Waals surface area contributed by atoms with Gasteiger partial charge >= 0.3 is 0 Å². The summed E-state index contributed by atoms with van der Waals surface area (Å²) in [6.45, 7) is 0. The Balaban J connectivity index is 1.66. The zero-order valence-electron chi connectivity index (χ0n) is 16.5. The van der Waals surface area contributed by atoms with Crippen molar-refractivity contribution in [2.45, 2.75) is 0 Å². The predicted octanol–water partition coefficient (Wildman–Crippen LogP) is 4.91. The summed E-state index contributed by atoms with van der Waals surface area (Å²) in [5.74, 6) is 1.40. The number of hydrogen-bond acceptors (Lipinski definition) is 6. The summed E-state index contributed by atoms with van der Waals surface area (Å²) in [7, 11) is 3.12. The lowest BCUT2D eigenvalue weighted by atomic mass is 10.0. The van der Waals surface area contributed by atoms with Gasteiger partial charge in [-0.25, -0.2) is 0 Å². The number of hydrogen-bond donors (Lipinski definition) is 2. The van der Waals surface area contributed by atoms with E-state index in [1.165, 1.54) is 0 Å². The van der Waals surface area contributed by atoms with Crippen molar-refractivity contribution >= 4 is 0 Å². The molecule has 0 bridgehead atoms. The van der Waals surface area contributed by atoms with Crippen molar-refractivity contribution in [1.82, 2.24) is 9.97 Å². The summed E-state index contributed by atoms with van der Waals surface area (Å²) in [6, 6.07) is 17.7. The lowest BCUT2D eigenvalue weighted by Gasteiger charge is -2.11. The highest BCUT2D eigenvalue weighted by Crippen LogP contribution is 2.39. The fourth-order valence-electron chi connectivity index (χ4n) is 3.35. The van der Waals surface area contributed by atoms with E-state index in [2.05, 4.69) is 9.97 Å². The van der Waals surface area contributed by atoms with Crippen LogP contribution in [0.1, 0.15) is 0 Å². The van der Waals surface area contributed by atoms with Crippen molar-refractivity contribution in [3.05, 3.63) is 73.1 Å². The Bertz CT molecular complexity index is 1080. The first-order valence-corrected chi connectivity index (χ1v) is 9.27. The molecule has 6 nitrogen and oxygen atoms in total. The molecule has 30 heavy (non-hydrogen) atoms. The zero-order valence-corrected chi connectivity index (χ0v) is 16.5. The molecule has 0 aliphatic rings. The molecule has 4 rings (SSSR count). The highest BCUT2D eigenvalue weighted by molar-refractivity contribution is 5.78. The number of benzene rings is 2. The van der Waals surface area contributed by atoms with Gasteiger partial charge in [-0.3, -0.25) is 9.97 Å². The summed E-state index contributed by atoms with van der Waals surface area (Å²) in [6.07, 6.45) is 3.35. The van der Waals surface area contributed by atoms with Gasteiger partial charge in [-0.05, 0) is 36.4 Å². The maximum atomic E-state index is 10.2. The molecule has 0 spiro atoms. The van der Waals surface area contributed by atoms with Crippen LogP contribution in [0.4, 0.5) is 0 Å². The van der Waals surface area contributed by atoms with Crippen LogP contribution >= 0.6 is 0 Å². The molecule has 2 aromatic heterocycles. The Kier molecular flexibility index (Phi) is 5.22. The number of nitrogens with zero attached hydrogens (tertiary/aromatic N) is 2. The first-order valence-electron chi connectivity index (χ1n) is 9.27. The highest BCUT2D eigenvalue weighted by atomic mass is 16.5. The molecule has 0 aliphatic heterocycles. The van der Waals surface area contributed by atoms with Crippen molar-refractivity contribution in [3.8, 4) is 56.6 Å². The van der Waals surface area contributed by atoms with Crippen LogP contribution < -0.4 is 9.47 Å². The van der Waals surface area contributed by atoms with Gasteiger partial charge in [-0.2, -0.15) is 0 Å². The van der Waals surface area contributed by atoms with E-state index in [-0.39, 0.29) is 11.5 Å². The van der Waals surface area contributed by atoms with Gasteiger partial charge in [-0.15, -0.1) is 0 Å². The van der Waals surface area contributed by atoms with Gasteiger partial charge in [0.1, 0.15) is 23.0 Å². The summed E-state index contributed by atoms with van der Waals surface area (Å²) in [5, 5.41) is 20.4. The van der Waals surface area contributed by atoms with Crippen molar-refractivity contribution < 1.29 is 19.7 Å². The molecule has 0 atom stereocenters. The summed E-state index contributed by atoms with van der Waals surface area (Å²) in [4.78, 5) is 8.98. The number of methoxy groups -OCH3 is 2. The SMILES string of the molecule is COc1cccc(O)c1-c1ccc(-c2ccc(-c3c(O)cccc3OC)cn2)nc1. The van der Waals surface area contributed by atoms with E-state index in [0.29, 0.717) is 34.0 Å². The summed E-state index contributed by atoms with van der Waals surface area (Å²) >= 11 is 0. The predicted molar refractivity (Wildman–Crippen MR) is 115 cm³/mol. The number of pyridine rings is 2. The molecule has 2 aromatic carbocycles. The van der Waals surface area contributed by atoms with Gasteiger partial charge in [0.15, 0.2) is 0 Å². The maximum absolute atomic E-state index is 10.2. The molecular weight excluding hydrogens is 380 g/mol. The second-order valence-electron chi connectivity index (χ2n) is 6.57.